The van der Waals surface area contributed by atoms with Crippen molar-refractivity contribution in [2.24, 2.45) is 0 Å². The van der Waals surface area contributed by atoms with Crippen molar-refractivity contribution in [1.29, 1.82) is 0 Å². The quantitative estimate of drug-likeness (QED) is 0.711. The number of halogens is 2. The molecule has 0 N–H and O–H groups in total. The molecule has 0 saturated carbocycles. The van der Waals surface area contributed by atoms with Gasteiger partial charge < -0.3 is 14.5 Å². The van der Waals surface area contributed by atoms with Gasteiger partial charge in [0.1, 0.15) is 5.82 Å². The average molecular weight is 421 g/mol. The third kappa shape index (κ3) is 5.02. The van der Waals surface area contributed by atoms with Crippen molar-refractivity contribution in [2.75, 3.05) is 45.2 Å². The van der Waals surface area contributed by atoms with Crippen molar-refractivity contribution >= 4 is 29.3 Å². The third-order valence-corrected chi connectivity index (χ3v) is 5.08. The van der Waals surface area contributed by atoms with Gasteiger partial charge in [0.2, 0.25) is 0 Å². The molecule has 1 fully saturated rings. The SMILES string of the molecule is COC(=O)c1ccc(CN(C(=O)N2CCN(C)CC2)c2ccc(F)c(Cl)c2)nc1. The molecule has 154 valence electrons. The highest BCUT2D eigenvalue weighted by Gasteiger charge is 2.26. The molecule has 0 bridgehead atoms. The summed E-state index contributed by atoms with van der Waals surface area (Å²) < 4.78 is 18.3. The Morgan fingerprint density at radius 1 is 1.21 bits per heavy atom. The molecule has 1 aliphatic rings. The van der Waals surface area contributed by atoms with E-state index in [1.54, 1.807) is 17.0 Å². The van der Waals surface area contributed by atoms with Crippen LogP contribution in [0.2, 0.25) is 5.02 Å². The van der Waals surface area contributed by atoms with Crippen molar-refractivity contribution in [1.82, 2.24) is 14.8 Å². The van der Waals surface area contributed by atoms with Gasteiger partial charge in [-0.15, -0.1) is 0 Å². The first-order valence-electron chi connectivity index (χ1n) is 9.12. The number of carbonyl (C=O) groups excluding carboxylic acids is 2. The lowest BCUT2D eigenvalue weighted by atomic mass is 10.2. The second-order valence-electron chi connectivity index (χ2n) is 6.79. The molecule has 1 saturated heterocycles. The van der Waals surface area contributed by atoms with Crippen molar-refractivity contribution in [3.8, 4) is 0 Å². The molecule has 2 heterocycles. The molecule has 0 atom stereocenters. The number of piperazine rings is 1. The second kappa shape index (κ2) is 9.19. The van der Waals surface area contributed by atoms with E-state index >= 15 is 0 Å². The number of methoxy groups -OCH3 is 1. The number of hydrogen-bond donors (Lipinski definition) is 0. The topological polar surface area (TPSA) is 66.0 Å². The number of benzene rings is 1. The van der Waals surface area contributed by atoms with Gasteiger partial charge in [0.25, 0.3) is 0 Å². The minimum absolute atomic E-state index is 0.0623. The summed E-state index contributed by atoms with van der Waals surface area (Å²) in [6.45, 7) is 2.88. The summed E-state index contributed by atoms with van der Waals surface area (Å²) in [5.74, 6) is -1.04. The maximum atomic E-state index is 13.6. The summed E-state index contributed by atoms with van der Waals surface area (Å²) in [4.78, 5) is 34.5. The van der Waals surface area contributed by atoms with Gasteiger partial charge in [0, 0.05) is 38.1 Å². The van der Waals surface area contributed by atoms with E-state index in [1.807, 2.05) is 7.05 Å². The average Bonchev–Trinajstić information content (AvgIpc) is 2.74. The van der Waals surface area contributed by atoms with E-state index in [9.17, 15) is 14.0 Å². The first-order chi connectivity index (χ1) is 13.9. The molecular formula is C20H22ClFN4O3. The van der Waals surface area contributed by atoms with Gasteiger partial charge in [0.05, 0.1) is 29.9 Å². The van der Waals surface area contributed by atoms with E-state index < -0.39 is 11.8 Å². The summed E-state index contributed by atoms with van der Waals surface area (Å²) in [5.41, 5.74) is 1.36. The van der Waals surface area contributed by atoms with Gasteiger partial charge >= 0.3 is 12.0 Å². The maximum absolute atomic E-state index is 13.6. The molecule has 2 amide bonds. The number of aromatic nitrogens is 1. The number of rotatable bonds is 4. The predicted molar refractivity (Wildman–Crippen MR) is 108 cm³/mol. The van der Waals surface area contributed by atoms with Crippen LogP contribution in [0.25, 0.3) is 0 Å². The van der Waals surface area contributed by atoms with Crippen LogP contribution < -0.4 is 4.90 Å². The Morgan fingerprint density at radius 3 is 2.52 bits per heavy atom. The smallest absolute Gasteiger partial charge is 0.339 e. The summed E-state index contributed by atoms with van der Waals surface area (Å²) in [6.07, 6.45) is 1.40. The zero-order valence-electron chi connectivity index (χ0n) is 16.3. The molecule has 0 radical (unpaired) electrons. The fourth-order valence-corrected chi connectivity index (χ4v) is 3.18. The Labute approximate surface area is 173 Å². The highest BCUT2D eigenvalue weighted by Crippen LogP contribution is 2.25. The predicted octanol–water partition coefficient (Wildman–Crippen LogP) is 3.03. The van der Waals surface area contributed by atoms with Crippen LogP contribution >= 0.6 is 11.6 Å². The van der Waals surface area contributed by atoms with Crippen LogP contribution in [0.5, 0.6) is 0 Å². The Hall–Kier alpha value is -2.71. The number of likely N-dealkylation sites (N-methyl/N-ethyl adjacent to an activating group) is 1. The van der Waals surface area contributed by atoms with Gasteiger partial charge in [-0.25, -0.2) is 14.0 Å². The minimum Gasteiger partial charge on any atom is -0.465 e. The molecule has 7 nitrogen and oxygen atoms in total. The standard InChI is InChI=1S/C20H22ClFN4O3/c1-24-7-9-25(10-8-24)20(28)26(16-5-6-18(22)17(21)11-16)13-15-4-3-14(12-23-15)19(27)29-2/h3-6,11-12H,7-10,13H2,1-2H3. The van der Waals surface area contributed by atoms with Gasteiger partial charge in [-0.05, 0) is 37.4 Å². The number of pyridine rings is 1. The number of anilines is 1. The van der Waals surface area contributed by atoms with E-state index in [2.05, 4.69) is 14.6 Å². The highest BCUT2D eigenvalue weighted by atomic mass is 35.5. The lowest BCUT2D eigenvalue weighted by molar-refractivity contribution is 0.0600. The first kappa shape index (κ1) is 21.0. The van der Waals surface area contributed by atoms with Gasteiger partial charge in [-0.1, -0.05) is 11.6 Å². The maximum Gasteiger partial charge on any atom is 0.339 e. The monoisotopic (exact) mass is 420 g/mol. The number of nitrogens with zero attached hydrogens (tertiary/aromatic N) is 4. The molecule has 2 aromatic rings. The second-order valence-corrected chi connectivity index (χ2v) is 7.19. The van der Waals surface area contributed by atoms with Crippen LogP contribution in [0.1, 0.15) is 16.1 Å². The molecular weight excluding hydrogens is 399 g/mol. The zero-order chi connectivity index (χ0) is 21.0. The summed E-state index contributed by atoms with van der Waals surface area (Å²) >= 11 is 5.94. The minimum atomic E-state index is -0.553. The Kier molecular flexibility index (Phi) is 6.66. The summed E-state index contributed by atoms with van der Waals surface area (Å²) in [5, 5.41) is -0.0623. The lowest BCUT2D eigenvalue weighted by Gasteiger charge is -2.36. The van der Waals surface area contributed by atoms with E-state index in [-0.39, 0.29) is 17.6 Å². The fourth-order valence-electron chi connectivity index (χ4n) is 3.01. The van der Waals surface area contributed by atoms with Gasteiger partial charge in [-0.2, -0.15) is 0 Å². The molecule has 0 unspecified atom stereocenters. The van der Waals surface area contributed by atoms with Gasteiger partial charge in [-0.3, -0.25) is 9.88 Å². The van der Waals surface area contributed by atoms with Crippen LogP contribution in [0.15, 0.2) is 36.5 Å². The first-order valence-corrected chi connectivity index (χ1v) is 9.50. The van der Waals surface area contributed by atoms with E-state index in [0.29, 0.717) is 30.0 Å². The largest absolute Gasteiger partial charge is 0.465 e. The fraction of sp³-hybridized carbons (Fsp3) is 0.350. The number of ether oxygens (including phenoxy) is 1. The van der Waals surface area contributed by atoms with Crippen LogP contribution in [0.4, 0.5) is 14.9 Å². The Balaban J connectivity index is 1.87. The van der Waals surface area contributed by atoms with Crippen LogP contribution in [-0.4, -0.2) is 67.1 Å². The van der Waals surface area contributed by atoms with Crippen molar-refractivity contribution in [3.63, 3.8) is 0 Å². The number of hydrogen-bond acceptors (Lipinski definition) is 5. The molecule has 1 aliphatic heterocycles. The van der Waals surface area contributed by atoms with E-state index in [4.69, 9.17) is 11.6 Å². The van der Waals surface area contributed by atoms with Gasteiger partial charge in [0.15, 0.2) is 0 Å². The molecule has 1 aromatic carbocycles. The lowest BCUT2D eigenvalue weighted by Crippen LogP contribution is -2.52. The van der Waals surface area contributed by atoms with Crippen LogP contribution in [-0.2, 0) is 11.3 Å². The third-order valence-electron chi connectivity index (χ3n) is 4.79. The number of carbonyl (C=O) groups is 2. The Bertz CT molecular complexity index is 886. The van der Waals surface area contributed by atoms with Crippen LogP contribution in [0.3, 0.4) is 0 Å². The molecule has 29 heavy (non-hydrogen) atoms. The van der Waals surface area contributed by atoms with Crippen LogP contribution in [0, 0.1) is 5.82 Å². The van der Waals surface area contributed by atoms with E-state index in [1.165, 1.54) is 36.4 Å². The molecule has 0 aliphatic carbocycles. The molecule has 0 spiro atoms. The van der Waals surface area contributed by atoms with Crippen molar-refractivity contribution < 1.29 is 18.7 Å². The normalized spacial score (nSPS) is 14.6. The zero-order valence-corrected chi connectivity index (χ0v) is 17.0. The summed E-state index contributed by atoms with van der Waals surface area (Å²) in [7, 11) is 3.30. The van der Waals surface area contributed by atoms with Crippen molar-refractivity contribution in [2.45, 2.75) is 6.54 Å². The van der Waals surface area contributed by atoms with Crippen molar-refractivity contribution in [3.05, 3.63) is 58.6 Å². The number of esters is 1. The highest BCUT2D eigenvalue weighted by molar-refractivity contribution is 6.31. The number of urea groups is 1. The van der Waals surface area contributed by atoms with E-state index in [0.717, 1.165) is 13.1 Å². The summed E-state index contributed by atoms with van der Waals surface area (Å²) in [6, 6.07) is 7.20. The Morgan fingerprint density at radius 2 is 1.93 bits per heavy atom. The molecule has 3 rings (SSSR count). The molecule has 1 aromatic heterocycles. The molecule has 9 heteroatoms. The number of amides is 2.